The van der Waals surface area contributed by atoms with Crippen molar-refractivity contribution in [3.05, 3.63) is 41.5 Å². The molecule has 0 aliphatic rings. The lowest BCUT2D eigenvalue weighted by molar-refractivity contribution is -0.152. The predicted octanol–water partition coefficient (Wildman–Crippen LogP) is 2.92. The molecule has 0 atom stereocenters. The third-order valence-corrected chi connectivity index (χ3v) is 4.34. The van der Waals surface area contributed by atoms with Gasteiger partial charge in [0.2, 0.25) is 0 Å². The highest BCUT2D eigenvalue weighted by Gasteiger charge is 2.25. The van der Waals surface area contributed by atoms with Crippen molar-refractivity contribution in [2.45, 2.75) is 13.8 Å². The molecule has 1 aromatic heterocycles. The van der Waals surface area contributed by atoms with E-state index in [1.807, 2.05) is 30.3 Å². The third-order valence-electron chi connectivity index (χ3n) is 3.08. The number of amides is 1. The summed E-state index contributed by atoms with van der Waals surface area (Å²) in [5.74, 6) is -3.20. The van der Waals surface area contributed by atoms with Crippen molar-refractivity contribution in [3.63, 3.8) is 0 Å². The number of carboxylic acid groups (broad SMARTS) is 1. The van der Waals surface area contributed by atoms with Gasteiger partial charge in [-0.15, -0.1) is 11.3 Å². The van der Waals surface area contributed by atoms with Crippen LogP contribution in [0.2, 0.25) is 0 Å². The molecule has 0 radical (unpaired) electrons. The number of ether oxygens (including phenoxy) is 1. The Labute approximate surface area is 136 Å². The van der Waals surface area contributed by atoms with Gasteiger partial charge in [0.25, 0.3) is 0 Å². The Hall–Kier alpha value is -2.67. The van der Waals surface area contributed by atoms with E-state index < -0.39 is 17.8 Å². The van der Waals surface area contributed by atoms with Gasteiger partial charge in [-0.2, -0.15) is 0 Å². The summed E-state index contributed by atoms with van der Waals surface area (Å²) in [7, 11) is 0. The molecule has 1 amide bonds. The van der Waals surface area contributed by atoms with Gasteiger partial charge in [0.15, 0.2) is 0 Å². The Balaban J connectivity index is 2.42. The lowest BCUT2D eigenvalue weighted by atomic mass is 10.1. The monoisotopic (exact) mass is 333 g/mol. The fourth-order valence-corrected chi connectivity index (χ4v) is 3.27. The molecule has 1 heterocycles. The Morgan fingerprint density at radius 1 is 1.22 bits per heavy atom. The molecule has 0 saturated heterocycles. The first-order valence-electron chi connectivity index (χ1n) is 6.85. The minimum atomic E-state index is -1.17. The SMILES string of the molecule is CCOC(=O)C(=O)Nc1sc(-c2ccccc2)c(C)c1C(=O)O. The predicted molar refractivity (Wildman–Crippen MR) is 86.7 cm³/mol. The number of carbonyl (C=O) groups excluding carboxylic acids is 2. The van der Waals surface area contributed by atoms with Crippen LogP contribution in [-0.4, -0.2) is 29.6 Å². The van der Waals surface area contributed by atoms with Gasteiger partial charge in [-0.05, 0) is 25.0 Å². The van der Waals surface area contributed by atoms with Crippen molar-refractivity contribution in [2.75, 3.05) is 11.9 Å². The summed E-state index contributed by atoms with van der Waals surface area (Å²) in [5, 5.41) is 11.8. The number of hydrogen-bond donors (Lipinski definition) is 2. The first kappa shape index (κ1) is 16.7. The maximum atomic E-state index is 11.8. The molecule has 0 saturated carbocycles. The lowest BCUT2D eigenvalue weighted by Gasteiger charge is -2.03. The minimum absolute atomic E-state index is 0.0218. The number of nitrogens with one attached hydrogen (secondary N) is 1. The van der Waals surface area contributed by atoms with E-state index in [1.54, 1.807) is 13.8 Å². The van der Waals surface area contributed by atoms with Gasteiger partial charge < -0.3 is 15.2 Å². The summed E-state index contributed by atoms with van der Waals surface area (Å²) < 4.78 is 4.60. The van der Waals surface area contributed by atoms with Crippen molar-refractivity contribution >= 4 is 34.2 Å². The van der Waals surface area contributed by atoms with Gasteiger partial charge in [-0.3, -0.25) is 4.79 Å². The second-order valence-corrected chi connectivity index (χ2v) is 5.63. The van der Waals surface area contributed by atoms with Crippen LogP contribution in [0.3, 0.4) is 0 Å². The molecule has 0 aliphatic carbocycles. The Morgan fingerprint density at radius 2 is 1.87 bits per heavy atom. The Morgan fingerprint density at radius 3 is 2.43 bits per heavy atom. The van der Waals surface area contributed by atoms with Crippen LogP contribution >= 0.6 is 11.3 Å². The molecular weight excluding hydrogens is 318 g/mol. The van der Waals surface area contributed by atoms with Crippen molar-refractivity contribution < 1.29 is 24.2 Å². The van der Waals surface area contributed by atoms with Crippen molar-refractivity contribution in [2.24, 2.45) is 0 Å². The molecule has 2 rings (SSSR count). The van der Waals surface area contributed by atoms with Crippen LogP contribution in [0.4, 0.5) is 5.00 Å². The summed E-state index contributed by atoms with van der Waals surface area (Å²) in [4.78, 5) is 35.4. The fourth-order valence-electron chi connectivity index (χ4n) is 2.07. The number of hydrogen-bond acceptors (Lipinski definition) is 5. The summed E-state index contributed by atoms with van der Waals surface area (Å²) in [6.07, 6.45) is 0. The van der Waals surface area contributed by atoms with E-state index in [-0.39, 0.29) is 17.2 Å². The second-order valence-electron chi connectivity index (χ2n) is 4.61. The summed E-state index contributed by atoms with van der Waals surface area (Å²) in [5.41, 5.74) is 1.36. The molecule has 0 spiro atoms. The van der Waals surface area contributed by atoms with E-state index in [9.17, 15) is 19.5 Å². The number of carboxylic acids is 1. The molecule has 6 nitrogen and oxygen atoms in total. The summed E-state index contributed by atoms with van der Waals surface area (Å²) in [6, 6.07) is 9.23. The molecule has 0 unspecified atom stereocenters. The Bertz CT molecular complexity index is 751. The summed E-state index contributed by atoms with van der Waals surface area (Å²) >= 11 is 1.11. The zero-order valence-corrected chi connectivity index (χ0v) is 13.4. The molecule has 0 aliphatic heterocycles. The summed E-state index contributed by atoms with van der Waals surface area (Å²) in [6.45, 7) is 3.32. The van der Waals surface area contributed by atoms with Gasteiger partial charge in [0.1, 0.15) is 5.00 Å². The molecule has 2 N–H and O–H groups in total. The molecule has 0 fully saturated rings. The average molecular weight is 333 g/mol. The van der Waals surface area contributed by atoms with Gasteiger partial charge in [-0.25, -0.2) is 9.59 Å². The molecule has 7 heteroatoms. The fraction of sp³-hybridized carbons (Fsp3) is 0.188. The Kier molecular flexibility index (Phi) is 5.13. The van der Waals surface area contributed by atoms with Crippen molar-refractivity contribution in [3.8, 4) is 10.4 Å². The molecule has 120 valence electrons. The van der Waals surface area contributed by atoms with Crippen molar-refractivity contribution in [1.82, 2.24) is 0 Å². The maximum Gasteiger partial charge on any atom is 0.397 e. The molecule has 1 aromatic carbocycles. The van der Waals surface area contributed by atoms with E-state index >= 15 is 0 Å². The normalized spacial score (nSPS) is 10.2. The standard InChI is InChI=1S/C16H15NO5S/c1-3-22-16(21)13(18)17-14-11(15(19)20)9(2)12(23-14)10-7-5-4-6-8-10/h4-8H,3H2,1-2H3,(H,17,18)(H,19,20). The molecule has 23 heavy (non-hydrogen) atoms. The van der Waals surface area contributed by atoms with Gasteiger partial charge in [0.05, 0.1) is 12.2 Å². The van der Waals surface area contributed by atoms with E-state index in [0.29, 0.717) is 5.56 Å². The number of anilines is 1. The van der Waals surface area contributed by atoms with Crippen LogP contribution in [0, 0.1) is 6.92 Å². The van der Waals surface area contributed by atoms with E-state index in [4.69, 9.17) is 0 Å². The number of thiophene rings is 1. The van der Waals surface area contributed by atoms with E-state index in [0.717, 1.165) is 21.8 Å². The quantitative estimate of drug-likeness (QED) is 0.663. The van der Waals surface area contributed by atoms with Crippen LogP contribution in [0.1, 0.15) is 22.8 Å². The number of benzene rings is 1. The van der Waals surface area contributed by atoms with Crippen LogP contribution < -0.4 is 5.32 Å². The van der Waals surface area contributed by atoms with Crippen LogP contribution in [0.5, 0.6) is 0 Å². The zero-order valence-electron chi connectivity index (χ0n) is 12.6. The van der Waals surface area contributed by atoms with Crippen LogP contribution in [0.25, 0.3) is 10.4 Å². The highest BCUT2D eigenvalue weighted by Crippen LogP contribution is 2.39. The molecule has 0 bridgehead atoms. The van der Waals surface area contributed by atoms with Crippen LogP contribution in [-0.2, 0) is 14.3 Å². The first-order chi connectivity index (χ1) is 11.0. The topological polar surface area (TPSA) is 92.7 Å². The van der Waals surface area contributed by atoms with Gasteiger partial charge in [0, 0.05) is 4.88 Å². The number of carbonyl (C=O) groups is 3. The smallest absolute Gasteiger partial charge is 0.397 e. The largest absolute Gasteiger partial charge is 0.478 e. The zero-order chi connectivity index (χ0) is 17.0. The van der Waals surface area contributed by atoms with E-state index in [1.165, 1.54) is 0 Å². The minimum Gasteiger partial charge on any atom is -0.478 e. The lowest BCUT2D eigenvalue weighted by Crippen LogP contribution is -2.25. The third kappa shape index (κ3) is 3.57. The van der Waals surface area contributed by atoms with Crippen molar-refractivity contribution in [1.29, 1.82) is 0 Å². The van der Waals surface area contributed by atoms with Crippen LogP contribution in [0.15, 0.2) is 30.3 Å². The van der Waals surface area contributed by atoms with Gasteiger partial charge in [-0.1, -0.05) is 30.3 Å². The van der Waals surface area contributed by atoms with Gasteiger partial charge >= 0.3 is 17.8 Å². The highest BCUT2D eigenvalue weighted by atomic mass is 32.1. The first-order valence-corrected chi connectivity index (χ1v) is 7.67. The molecular formula is C16H15NO5S. The number of rotatable bonds is 4. The maximum absolute atomic E-state index is 11.8. The van der Waals surface area contributed by atoms with E-state index in [2.05, 4.69) is 10.1 Å². The second kappa shape index (κ2) is 7.06. The highest BCUT2D eigenvalue weighted by molar-refractivity contribution is 7.20. The molecule has 2 aromatic rings. The number of esters is 1. The average Bonchev–Trinajstić information content (AvgIpc) is 2.84. The number of aromatic carboxylic acids is 1.